The Balaban J connectivity index is 4.32. The van der Waals surface area contributed by atoms with Crippen LogP contribution in [0, 0.1) is 0 Å². The Morgan fingerprint density at radius 3 is 1.35 bits per heavy atom. The SMILES string of the molecule is CC/C=C\C/C=C\C/C=C\C/C=C\CCC(=O)OCC(COCCCCCCCCCCCC)OC(=O)CCCCCCCCCCCCCCC. The number of unbranched alkanes of at least 4 members (excludes halogenated alkanes) is 21. The van der Waals surface area contributed by atoms with Crippen LogP contribution in [-0.4, -0.2) is 37.9 Å². The molecule has 0 radical (unpaired) electrons. The van der Waals surface area contributed by atoms with Gasteiger partial charge in [0.1, 0.15) is 6.61 Å². The normalized spacial score (nSPS) is 12.6. The van der Waals surface area contributed by atoms with E-state index in [-0.39, 0.29) is 25.2 Å². The van der Waals surface area contributed by atoms with Crippen molar-refractivity contribution in [3.05, 3.63) is 48.6 Å². The molecule has 0 saturated heterocycles. The molecule has 0 aliphatic carbocycles. The molecular weight excluding hydrogens is 645 g/mol. The predicted molar refractivity (Wildman–Crippen MR) is 224 cm³/mol. The number of carbonyl (C=O) groups is 2. The third-order valence-corrected chi connectivity index (χ3v) is 9.39. The summed E-state index contributed by atoms with van der Waals surface area (Å²) < 4.78 is 17.2. The molecule has 0 aromatic rings. The van der Waals surface area contributed by atoms with E-state index in [1.807, 2.05) is 6.08 Å². The van der Waals surface area contributed by atoms with Gasteiger partial charge in [-0.25, -0.2) is 0 Å². The second-order valence-corrected chi connectivity index (χ2v) is 14.6. The van der Waals surface area contributed by atoms with Gasteiger partial charge in [0.15, 0.2) is 6.10 Å². The maximum absolute atomic E-state index is 12.7. The smallest absolute Gasteiger partial charge is 0.306 e. The predicted octanol–water partition coefficient (Wildman–Crippen LogP) is 14.4. The van der Waals surface area contributed by atoms with E-state index in [9.17, 15) is 9.59 Å². The lowest BCUT2D eigenvalue weighted by Crippen LogP contribution is -2.30. The van der Waals surface area contributed by atoms with Gasteiger partial charge in [0.2, 0.25) is 0 Å². The summed E-state index contributed by atoms with van der Waals surface area (Å²) in [4.78, 5) is 25.1. The summed E-state index contributed by atoms with van der Waals surface area (Å²) in [6.07, 6.45) is 51.2. The van der Waals surface area contributed by atoms with Crippen molar-refractivity contribution in [2.75, 3.05) is 19.8 Å². The zero-order valence-electron chi connectivity index (χ0n) is 34.6. The van der Waals surface area contributed by atoms with Crippen molar-refractivity contribution in [3.63, 3.8) is 0 Å². The third-order valence-electron chi connectivity index (χ3n) is 9.39. The number of hydrogen-bond donors (Lipinski definition) is 0. The third kappa shape index (κ3) is 40.6. The average molecular weight is 729 g/mol. The van der Waals surface area contributed by atoms with E-state index in [1.54, 1.807) is 0 Å². The summed E-state index contributed by atoms with van der Waals surface area (Å²) in [6.45, 7) is 7.64. The monoisotopic (exact) mass is 729 g/mol. The molecular formula is C47H84O5. The second-order valence-electron chi connectivity index (χ2n) is 14.6. The highest BCUT2D eigenvalue weighted by molar-refractivity contribution is 5.70. The maximum atomic E-state index is 12.7. The lowest BCUT2D eigenvalue weighted by Gasteiger charge is -2.18. The van der Waals surface area contributed by atoms with E-state index in [0.717, 1.165) is 51.4 Å². The van der Waals surface area contributed by atoms with Crippen LogP contribution in [0.5, 0.6) is 0 Å². The van der Waals surface area contributed by atoms with Gasteiger partial charge in [0, 0.05) is 19.4 Å². The molecule has 0 amide bonds. The van der Waals surface area contributed by atoms with Crippen LogP contribution in [0.25, 0.3) is 0 Å². The van der Waals surface area contributed by atoms with Gasteiger partial charge in [-0.05, 0) is 44.9 Å². The minimum Gasteiger partial charge on any atom is -0.462 e. The Morgan fingerprint density at radius 2 is 0.865 bits per heavy atom. The van der Waals surface area contributed by atoms with Crippen molar-refractivity contribution in [3.8, 4) is 0 Å². The van der Waals surface area contributed by atoms with E-state index < -0.39 is 6.10 Å². The first kappa shape index (κ1) is 49.9. The van der Waals surface area contributed by atoms with Crippen LogP contribution >= 0.6 is 0 Å². The van der Waals surface area contributed by atoms with Gasteiger partial charge in [-0.15, -0.1) is 0 Å². The highest BCUT2D eigenvalue weighted by Gasteiger charge is 2.17. The second kappa shape index (κ2) is 43.3. The fourth-order valence-corrected chi connectivity index (χ4v) is 6.11. The molecule has 1 unspecified atom stereocenters. The summed E-state index contributed by atoms with van der Waals surface area (Å²) in [6, 6.07) is 0. The number of carbonyl (C=O) groups excluding carboxylic acids is 2. The van der Waals surface area contributed by atoms with Crippen LogP contribution in [0.2, 0.25) is 0 Å². The number of allylic oxidation sites excluding steroid dienone is 8. The Labute approximate surface area is 322 Å². The standard InChI is InChI=1S/C47H84O5/c1-4-7-10-13-16-19-22-24-26-28-31-34-37-40-46(48)51-44-45(43-50-42-39-36-33-30-21-18-15-12-9-6-3)52-47(49)41-38-35-32-29-27-25-23-20-17-14-11-8-5-2/h7,10,16,19,24,26,31,34,45H,4-6,8-9,11-15,17-18,20-23,25,27-30,32-33,35-44H2,1-3H3/b10-7-,19-16-,26-24-,34-31-. The molecule has 0 saturated carbocycles. The molecule has 0 spiro atoms. The summed E-state index contributed by atoms with van der Waals surface area (Å²) in [7, 11) is 0. The Kier molecular flexibility index (Phi) is 41.5. The molecule has 0 bridgehead atoms. The molecule has 0 heterocycles. The van der Waals surface area contributed by atoms with Crippen molar-refractivity contribution >= 4 is 11.9 Å². The van der Waals surface area contributed by atoms with Crippen molar-refractivity contribution in [1.82, 2.24) is 0 Å². The van der Waals surface area contributed by atoms with Crippen LogP contribution in [0.1, 0.15) is 213 Å². The summed E-state index contributed by atoms with van der Waals surface area (Å²) in [5.74, 6) is -0.485. The van der Waals surface area contributed by atoms with Gasteiger partial charge in [-0.1, -0.05) is 204 Å². The molecule has 0 aliphatic heterocycles. The van der Waals surface area contributed by atoms with E-state index in [4.69, 9.17) is 14.2 Å². The van der Waals surface area contributed by atoms with Gasteiger partial charge < -0.3 is 14.2 Å². The number of hydrogen-bond acceptors (Lipinski definition) is 5. The van der Waals surface area contributed by atoms with Crippen molar-refractivity contribution in [2.24, 2.45) is 0 Å². The lowest BCUT2D eigenvalue weighted by molar-refractivity contribution is -0.162. The zero-order valence-corrected chi connectivity index (χ0v) is 34.6. The van der Waals surface area contributed by atoms with Crippen LogP contribution in [0.3, 0.4) is 0 Å². The average Bonchev–Trinajstić information content (AvgIpc) is 3.14. The largest absolute Gasteiger partial charge is 0.462 e. The highest BCUT2D eigenvalue weighted by Crippen LogP contribution is 2.14. The van der Waals surface area contributed by atoms with Gasteiger partial charge in [-0.3, -0.25) is 9.59 Å². The van der Waals surface area contributed by atoms with Crippen molar-refractivity contribution < 1.29 is 23.8 Å². The quantitative estimate of drug-likeness (QED) is 0.0357. The molecule has 0 aliphatic rings. The Hall–Kier alpha value is -2.14. The van der Waals surface area contributed by atoms with Gasteiger partial charge in [0.05, 0.1) is 6.61 Å². The fraction of sp³-hybridized carbons (Fsp3) is 0.787. The van der Waals surface area contributed by atoms with E-state index >= 15 is 0 Å². The minimum absolute atomic E-state index is 0.0510. The van der Waals surface area contributed by atoms with Crippen LogP contribution in [0.15, 0.2) is 48.6 Å². The first-order valence-corrected chi connectivity index (χ1v) is 22.2. The summed E-state index contributed by atoms with van der Waals surface area (Å²) in [5.41, 5.74) is 0. The number of esters is 2. The van der Waals surface area contributed by atoms with Crippen molar-refractivity contribution in [2.45, 2.75) is 219 Å². The lowest BCUT2D eigenvalue weighted by atomic mass is 10.0. The molecule has 0 fully saturated rings. The van der Waals surface area contributed by atoms with E-state index in [2.05, 4.69) is 63.3 Å². The van der Waals surface area contributed by atoms with Crippen LogP contribution in [-0.2, 0) is 23.8 Å². The van der Waals surface area contributed by atoms with Crippen LogP contribution in [0.4, 0.5) is 0 Å². The number of rotatable bonds is 40. The Morgan fingerprint density at radius 1 is 0.442 bits per heavy atom. The van der Waals surface area contributed by atoms with Crippen molar-refractivity contribution in [1.29, 1.82) is 0 Å². The molecule has 0 aromatic heterocycles. The molecule has 0 aromatic carbocycles. The molecule has 5 nitrogen and oxygen atoms in total. The summed E-state index contributed by atoms with van der Waals surface area (Å²) in [5, 5.41) is 0. The molecule has 52 heavy (non-hydrogen) atoms. The zero-order chi connectivity index (χ0) is 37.8. The van der Waals surface area contributed by atoms with E-state index in [0.29, 0.717) is 25.9 Å². The van der Waals surface area contributed by atoms with Gasteiger partial charge in [-0.2, -0.15) is 0 Å². The van der Waals surface area contributed by atoms with Crippen LogP contribution < -0.4 is 0 Å². The first-order valence-electron chi connectivity index (χ1n) is 22.2. The number of ether oxygens (including phenoxy) is 3. The van der Waals surface area contributed by atoms with E-state index in [1.165, 1.54) is 122 Å². The first-order chi connectivity index (χ1) is 25.6. The summed E-state index contributed by atoms with van der Waals surface area (Å²) >= 11 is 0. The minimum atomic E-state index is -0.557. The molecule has 0 rings (SSSR count). The molecule has 5 heteroatoms. The fourth-order valence-electron chi connectivity index (χ4n) is 6.11. The molecule has 302 valence electrons. The molecule has 1 atom stereocenters. The Bertz CT molecular complexity index is 873. The van der Waals surface area contributed by atoms with Gasteiger partial charge in [0.25, 0.3) is 0 Å². The van der Waals surface area contributed by atoms with Gasteiger partial charge >= 0.3 is 11.9 Å². The topological polar surface area (TPSA) is 61.8 Å². The highest BCUT2D eigenvalue weighted by atomic mass is 16.6. The maximum Gasteiger partial charge on any atom is 0.306 e. The molecule has 0 N–H and O–H groups in total.